The van der Waals surface area contributed by atoms with E-state index in [9.17, 15) is 9.59 Å². The third-order valence-corrected chi connectivity index (χ3v) is 13.7. The summed E-state index contributed by atoms with van der Waals surface area (Å²) in [6.45, 7) is 5.61. The van der Waals surface area contributed by atoms with Gasteiger partial charge in [0, 0.05) is 33.3 Å². The minimum absolute atomic E-state index is 0.00519. The van der Waals surface area contributed by atoms with Gasteiger partial charge >= 0.3 is 12.1 Å². The van der Waals surface area contributed by atoms with Gasteiger partial charge < -0.3 is 23.7 Å². The molecular weight excluding hydrogens is 924 g/mol. The molecule has 0 N–H and O–H groups in total. The van der Waals surface area contributed by atoms with Crippen molar-refractivity contribution in [2.45, 2.75) is 73.5 Å². The number of rotatable bonds is 15. The van der Waals surface area contributed by atoms with E-state index in [2.05, 4.69) is 32.9 Å². The number of amides is 1. The van der Waals surface area contributed by atoms with Gasteiger partial charge in [-0.2, -0.15) is 9.10 Å². The predicted molar refractivity (Wildman–Crippen MR) is 233 cm³/mol. The molecule has 0 saturated carbocycles. The molecule has 1 fully saturated rings. The van der Waals surface area contributed by atoms with E-state index < -0.39 is 39.0 Å². The molecule has 1 aromatic heterocycles. The second-order valence-corrected chi connectivity index (χ2v) is 19.2. The number of benzene rings is 4. The van der Waals surface area contributed by atoms with E-state index in [4.69, 9.17) is 28.8 Å². The Bertz CT molecular complexity index is 2340. The van der Waals surface area contributed by atoms with Crippen LogP contribution in [0, 0.1) is 3.57 Å². The maximum absolute atomic E-state index is 15.6. The highest BCUT2D eigenvalue weighted by Gasteiger charge is 2.44. The molecule has 0 aliphatic carbocycles. The first kappa shape index (κ1) is 44.6. The second kappa shape index (κ2) is 19.2. The summed E-state index contributed by atoms with van der Waals surface area (Å²) in [5, 5.41) is 13.0. The minimum Gasteiger partial charge on any atom is -0.497 e. The van der Waals surface area contributed by atoms with Gasteiger partial charge in [-0.25, -0.2) is 18.0 Å². The lowest BCUT2D eigenvalue weighted by molar-refractivity contribution is -0.145. The van der Waals surface area contributed by atoms with Crippen LogP contribution in [-0.2, 0) is 43.9 Å². The summed E-state index contributed by atoms with van der Waals surface area (Å²) in [5.74, 6) is 1.48. The number of thioether (sulfide) groups is 1. The number of methoxy groups -OCH3 is 4. The summed E-state index contributed by atoms with van der Waals surface area (Å²) in [5.41, 5.74) is 1.78. The highest BCUT2D eigenvalue weighted by molar-refractivity contribution is 14.1. The Balaban J connectivity index is 1.47. The van der Waals surface area contributed by atoms with Crippen molar-refractivity contribution in [3.05, 3.63) is 105 Å². The largest absolute Gasteiger partial charge is 0.497 e. The first-order valence-electron chi connectivity index (χ1n) is 18.9. The zero-order valence-electron chi connectivity index (χ0n) is 34.3. The predicted octanol–water partition coefficient (Wildman–Crippen LogP) is 7.05. The van der Waals surface area contributed by atoms with Crippen molar-refractivity contribution in [2.24, 2.45) is 0 Å². The number of halogens is 1. The third-order valence-electron chi connectivity index (χ3n) is 9.52. The Morgan fingerprint density at radius 1 is 0.817 bits per heavy atom. The molecule has 1 saturated heterocycles. The number of esters is 1. The Hall–Kier alpha value is -4.92. The highest BCUT2D eigenvalue weighted by Crippen LogP contribution is 2.43. The number of aromatic nitrogens is 4. The maximum Gasteiger partial charge on any atom is 0.411 e. The summed E-state index contributed by atoms with van der Waals surface area (Å²) in [4.78, 5) is 29.6. The van der Waals surface area contributed by atoms with Gasteiger partial charge in [0.1, 0.15) is 33.8 Å². The molecule has 0 spiro atoms. The Morgan fingerprint density at radius 2 is 1.35 bits per heavy atom. The van der Waals surface area contributed by atoms with Gasteiger partial charge in [-0.1, -0.05) is 36.4 Å². The van der Waals surface area contributed by atoms with Gasteiger partial charge in [0.15, 0.2) is 0 Å². The topological polar surface area (TPSA) is 165 Å². The van der Waals surface area contributed by atoms with Gasteiger partial charge in [-0.05, 0) is 120 Å². The van der Waals surface area contributed by atoms with E-state index in [-0.39, 0.29) is 48.9 Å². The van der Waals surface area contributed by atoms with Crippen LogP contribution in [0.2, 0.25) is 0 Å². The molecule has 0 bridgehead atoms. The summed E-state index contributed by atoms with van der Waals surface area (Å²) in [7, 11) is 1.56. The van der Waals surface area contributed by atoms with Crippen molar-refractivity contribution in [1.29, 1.82) is 0 Å². The first-order valence-corrected chi connectivity index (χ1v) is 22.3. The lowest BCUT2D eigenvalue weighted by atomic mass is 10.2. The van der Waals surface area contributed by atoms with Gasteiger partial charge in [-0.3, -0.25) is 4.90 Å². The van der Waals surface area contributed by atoms with E-state index in [0.29, 0.717) is 25.7 Å². The van der Waals surface area contributed by atoms with Crippen LogP contribution in [0.15, 0.2) is 94.7 Å². The zero-order chi connectivity index (χ0) is 43.2. The minimum atomic E-state index is -4.43. The van der Waals surface area contributed by atoms with Crippen LogP contribution in [0.5, 0.6) is 17.2 Å². The number of tetrazole rings is 1. The fraction of sp³-hybridized carbons (Fsp3) is 0.357. The first-order chi connectivity index (χ1) is 28.6. The number of sulfonamides is 1. The van der Waals surface area contributed by atoms with Crippen molar-refractivity contribution in [1.82, 2.24) is 29.4 Å². The average Bonchev–Trinajstić information content (AvgIpc) is 3.88. The molecule has 4 aromatic carbocycles. The molecular formula is C42H47IN6O9S2. The number of hydrogen-bond donors (Lipinski definition) is 0. The summed E-state index contributed by atoms with van der Waals surface area (Å²) in [6.07, 6.45) is -0.477. The molecule has 0 unspecified atom stereocenters. The van der Waals surface area contributed by atoms with E-state index in [1.165, 1.54) is 32.9 Å². The molecule has 5 aromatic rings. The number of ether oxygens (including phenoxy) is 5. The number of hydrogen-bond acceptors (Lipinski definition) is 13. The highest BCUT2D eigenvalue weighted by atomic mass is 127. The molecule has 6 rings (SSSR count). The molecule has 318 valence electrons. The van der Waals surface area contributed by atoms with E-state index in [1.54, 1.807) is 78.5 Å². The summed E-state index contributed by atoms with van der Waals surface area (Å²) < 4.78 is 60.1. The fourth-order valence-corrected chi connectivity index (χ4v) is 10.8. The SMILES string of the molecule is COC(=O)[C@@H]1C[C@@H](Sc2ccc(I)c(-c3nnn(Cc4ccc(OC)cc4)n3)c2S(=O)(=O)N(Cc2ccc(OC)cc2)Cc2ccc(OC)cc2)CN1C(=O)OC(C)(C)C. The average molecular weight is 971 g/mol. The lowest BCUT2D eigenvalue weighted by Gasteiger charge is -2.27. The fourth-order valence-electron chi connectivity index (χ4n) is 6.57. The summed E-state index contributed by atoms with van der Waals surface area (Å²) >= 11 is 3.35. The monoisotopic (exact) mass is 970 g/mol. The van der Waals surface area contributed by atoms with Gasteiger partial charge in [0.2, 0.25) is 15.8 Å². The second-order valence-electron chi connectivity index (χ2n) is 14.9. The van der Waals surface area contributed by atoms with Crippen molar-refractivity contribution in [3.8, 4) is 28.6 Å². The molecule has 1 aliphatic rings. The quantitative estimate of drug-likeness (QED) is 0.0775. The lowest BCUT2D eigenvalue weighted by Crippen LogP contribution is -2.43. The molecule has 18 heteroatoms. The Morgan fingerprint density at radius 3 is 1.85 bits per heavy atom. The van der Waals surface area contributed by atoms with Crippen molar-refractivity contribution < 1.29 is 41.7 Å². The van der Waals surface area contributed by atoms with Crippen LogP contribution in [0.1, 0.15) is 43.9 Å². The van der Waals surface area contributed by atoms with E-state index in [0.717, 1.165) is 16.7 Å². The van der Waals surface area contributed by atoms with Crippen LogP contribution in [0.4, 0.5) is 4.79 Å². The number of likely N-dealkylation sites (tertiary alicyclic amines) is 1. The van der Waals surface area contributed by atoms with Gasteiger partial charge in [0.05, 0.1) is 40.5 Å². The van der Waals surface area contributed by atoms with Crippen molar-refractivity contribution >= 4 is 56.4 Å². The third kappa shape index (κ3) is 10.7. The molecule has 1 aliphatic heterocycles. The smallest absolute Gasteiger partial charge is 0.411 e. The molecule has 2 atom stereocenters. The number of carbonyl (C=O) groups excluding carboxylic acids is 2. The van der Waals surface area contributed by atoms with Gasteiger partial charge in [0.25, 0.3) is 0 Å². The van der Waals surface area contributed by atoms with Gasteiger partial charge in [-0.15, -0.1) is 22.0 Å². The van der Waals surface area contributed by atoms with E-state index in [1.807, 2.05) is 48.5 Å². The van der Waals surface area contributed by atoms with Crippen molar-refractivity contribution in [2.75, 3.05) is 35.0 Å². The molecule has 15 nitrogen and oxygen atoms in total. The van der Waals surface area contributed by atoms with Crippen LogP contribution < -0.4 is 14.2 Å². The van der Waals surface area contributed by atoms with E-state index >= 15 is 8.42 Å². The Labute approximate surface area is 367 Å². The van der Waals surface area contributed by atoms with Crippen LogP contribution in [0.3, 0.4) is 0 Å². The molecule has 0 radical (unpaired) electrons. The number of carbonyl (C=O) groups is 2. The normalized spacial score (nSPS) is 15.5. The summed E-state index contributed by atoms with van der Waals surface area (Å²) in [6, 6.07) is 24.5. The number of nitrogens with zero attached hydrogens (tertiary/aromatic N) is 6. The molecule has 60 heavy (non-hydrogen) atoms. The molecule has 2 heterocycles. The van der Waals surface area contributed by atoms with Crippen LogP contribution >= 0.6 is 34.4 Å². The van der Waals surface area contributed by atoms with Crippen molar-refractivity contribution in [3.63, 3.8) is 0 Å². The maximum atomic E-state index is 15.6. The van der Waals surface area contributed by atoms with Crippen LogP contribution in [0.25, 0.3) is 11.4 Å². The standard InChI is InChI=1S/C42H47IN6O9S2/c1-42(2,3)58-41(51)48-26-33(22-35(48)40(50)57-7)59-36-21-20-34(43)37(39-44-46-49(45-39)25-29-12-18-32(56-6)19-13-29)38(36)60(52,53)47(23-27-8-14-30(54-4)15-9-27)24-28-10-16-31(55-5)17-11-28/h8-21,33,35H,22-26H2,1-7H3/t33-,35+/m1/s1. The Kier molecular flexibility index (Phi) is 14.3. The van der Waals surface area contributed by atoms with Crippen LogP contribution in [-0.4, -0.2) is 102 Å². The zero-order valence-corrected chi connectivity index (χ0v) is 38.1. The molecule has 1 amide bonds.